The molecular formula is C10H8O3. The Hall–Kier alpha value is -1.95. The molecule has 0 unspecified atom stereocenters. The largest absolute Gasteiger partial charge is 0.528 e. The maximum Gasteiger partial charge on any atom is 0.528 e. The Morgan fingerprint density at radius 2 is 2.00 bits per heavy atom. The van der Waals surface area contributed by atoms with Gasteiger partial charge >= 0.3 is 6.16 Å². The summed E-state index contributed by atoms with van der Waals surface area (Å²) >= 11 is 0. The van der Waals surface area contributed by atoms with Crippen LogP contribution in [0.5, 0.6) is 5.75 Å². The molecule has 0 bridgehead atoms. The minimum Gasteiger partial charge on any atom is -0.394 e. The number of carbonyl (C=O) groups is 1. The number of aryl methyl sites for hydroxylation is 1. The van der Waals surface area contributed by atoms with Gasteiger partial charge in [-0.3, -0.25) is 0 Å². The van der Waals surface area contributed by atoms with Gasteiger partial charge in [-0.15, -0.1) is 0 Å². The van der Waals surface area contributed by atoms with Crippen LogP contribution in [0, 0.1) is 19.5 Å². The van der Waals surface area contributed by atoms with E-state index < -0.39 is 6.16 Å². The van der Waals surface area contributed by atoms with E-state index in [1.165, 1.54) is 0 Å². The van der Waals surface area contributed by atoms with Gasteiger partial charge in [-0.2, -0.15) is 0 Å². The predicted molar refractivity (Wildman–Crippen MR) is 47.1 cm³/mol. The molecule has 0 spiro atoms. The molecule has 0 aliphatic heterocycles. The molecule has 0 atom stereocenters. The molecule has 3 heteroatoms. The lowest BCUT2D eigenvalue weighted by atomic mass is 10.2. The molecule has 1 rings (SSSR count). The molecular weight excluding hydrogens is 168 g/mol. The van der Waals surface area contributed by atoms with Crippen LogP contribution < -0.4 is 4.74 Å². The lowest BCUT2D eigenvalue weighted by Crippen LogP contribution is -2.06. The Labute approximate surface area is 76.3 Å². The summed E-state index contributed by atoms with van der Waals surface area (Å²) in [5.74, 6) is 0.408. The van der Waals surface area contributed by atoms with Gasteiger partial charge in [0.25, 0.3) is 0 Å². The lowest BCUT2D eigenvalue weighted by Gasteiger charge is -2.00. The fraction of sp³-hybridized carbons (Fsp3) is 0.100. The quantitative estimate of drug-likeness (QED) is 0.373. The molecule has 0 saturated carbocycles. The number of hydrogen-bond donors (Lipinski definition) is 0. The van der Waals surface area contributed by atoms with Gasteiger partial charge in [-0.25, -0.2) is 4.79 Å². The monoisotopic (exact) mass is 176 g/mol. The number of ether oxygens (including phenoxy) is 2. The van der Waals surface area contributed by atoms with E-state index in [2.05, 4.69) is 4.74 Å². The van der Waals surface area contributed by atoms with Crippen LogP contribution in [0.1, 0.15) is 5.56 Å². The minimum atomic E-state index is -0.897. The van der Waals surface area contributed by atoms with E-state index in [0.717, 1.165) is 5.56 Å². The summed E-state index contributed by atoms with van der Waals surface area (Å²) < 4.78 is 8.85. The Balaban J connectivity index is 2.60. The number of hydrogen-bond acceptors (Lipinski definition) is 3. The zero-order chi connectivity index (χ0) is 9.68. The number of rotatable bonds is 1. The van der Waals surface area contributed by atoms with Gasteiger partial charge in [0.15, 0.2) is 0 Å². The Bertz CT molecular complexity index is 332. The Morgan fingerprint density at radius 3 is 2.54 bits per heavy atom. The third kappa shape index (κ3) is 2.88. The van der Waals surface area contributed by atoms with Crippen molar-refractivity contribution in [3.8, 4) is 18.3 Å². The lowest BCUT2D eigenvalue weighted by molar-refractivity contribution is 0.142. The van der Waals surface area contributed by atoms with Crippen molar-refractivity contribution in [2.45, 2.75) is 6.92 Å². The van der Waals surface area contributed by atoms with Gasteiger partial charge in [0.2, 0.25) is 0 Å². The van der Waals surface area contributed by atoms with Crippen LogP contribution in [0.3, 0.4) is 0 Å². The first-order valence-corrected chi connectivity index (χ1v) is 3.63. The van der Waals surface area contributed by atoms with Crippen molar-refractivity contribution in [2.75, 3.05) is 0 Å². The van der Waals surface area contributed by atoms with Crippen molar-refractivity contribution < 1.29 is 14.3 Å². The first-order chi connectivity index (χ1) is 6.22. The second kappa shape index (κ2) is 4.17. The molecule has 0 heterocycles. The Morgan fingerprint density at radius 1 is 1.38 bits per heavy atom. The maximum atomic E-state index is 10.7. The molecule has 3 nitrogen and oxygen atoms in total. The Kier molecular flexibility index (Phi) is 2.93. The average Bonchev–Trinajstić information content (AvgIpc) is 2.09. The molecule has 0 fully saturated rings. The molecule has 0 saturated heterocycles. The van der Waals surface area contributed by atoms with E-state index in [1.807, 2.05) is 19.1 Å². The highest BCUT2D eigenvalue weighted by atomic mass is 16.7. The molecule has 0 aromatic heterocycles. The average molecular weight is 176 g/mol. The minimum absolute atomic E-state index is 0.408. The van der Waals surface area contributed by atoms with Crippen molar-refractivity contribution in [3.63, 3.8) is 0 Å². The van der Waals surface area contributed by atoms with Crippen LogP contribution in [0.4, 0.5) is 4.79 Å². The van der Waals surface area contributed by atoms with Crippen molar-refractivity contribution >= 4 is 6.16 Å². The predicted octanol–water partition coefficient (Wildman–Crippen LogP) is 2.10. The summed E-state index contributed by atoms with van der Waals surface area (Å²) in [5, 5.41) is 0. The normalized spacial score (nSPS) is 8.62. The standard InChI is InChI=1S/C10H8O3/c1-3-12-10(11)13-9-6-4-8(2)5-7-9/h1,4-7H,2H3. The summed E-state index contributed by atoms with van der Waals surface area (Å²) in [6.45, 7) is 1.93. The van der Waals surface area contributed by atoms with Crippen molar-refractivity contribution in [1.82, 2.24) is 0 Å². The van der Waals surface area contributed by atoms with Crippen LogP contribution in [-0.4, -0.2) is 6.16 Å². The molecule has 1 aromatic rings. The van der Waals surface area contributed by atoms with E-state index in [4.69, 9.17) is 11.2 Å². The van der Waals surface area contributed by atoms with Crippen molar-refractivity contribution in [1.29, 1.82) is 0 Å². The fourth-order valence-corrected chi connectivity index (χ4v) is 0.771. The summed E-state index contributed by atoms with van der Waals surface area (Å²) in [6, 6.07) is 6.96. The van der Waals surface area contributed by atoms with E-state index >= 15 is 0 Å². The third-order valence-electron chi connectivity index (χ3n) is 1.36. The highest BCUT2D eigenvalue weighted by Gasteiger charge is 2.03. The zero-order valence-corrected chi connectivity index (χ0v) is 7.11. The van der Waals surface area contributed by atoms with Crippen LogP contribution in [0.25, 0.3) is 0 Å². The van der Waals surface area contributed by atoms with Crippen LogP contribution in [0.2, 0.25) is 0 Å². The number of benzene rings is 1. The summed E-state index contributed by atoms with van der Waals surface area (Å²) in [5.41, 5.74) is 1.08. The molecule has 0 amide bonds. The van der Waals surface area contributed by atoms with E-state index in [-0.39, 0.29) is 0 Å². The van der Waals surface area contributed by atoms with Gasteiger partial charge in [-0.05, 0) is 19.1 Å². The molecule has 13 heavy (non-hydrogen) atoms. The van der Waals surface area contributed by atoms with E-state index in [1.54, 1.807) is 18.2 Å². The summed E-state index contributed by atoms with van der Waals surface area (Å²) in [6.07, 6.45) is 5.56. The van der Waals surface area contributed by atoms with Crippen LogP contribution >= 0.6 is 0 Å². The molecule has 0 aliphatic rings. The van der Waals surface area contributed by atoms with Gasteiger partial charge in [-0.1, -0.05) is 24.1 Å². The summed E-state index contributed by atoms with van der Waals surface area (Å²) in [7, 11) is 0. The topological polar surface area (TPSA) is 35.5 Å². The van der Waals surface area contributed by atoms with Gasteiger partial charge in [0, 0.05) is 0 Å². The van der Waals surface area contributed by atoms with Gasteiger partial charge in [0.05, 0.1) is 0 Å². The first kappa shape index (κ1) is 9.14. The number of carbonyl (C=O) groups excluding carboxylic acids is 1. The highest BCUT2D eigenvalue weighted by Crippen LogP contribution is 2.11. The van der Waals surface area contributed by atoms with Crippen LogP contribution in [0.15, 0.2) is 24.3 Å². The second-order valence-corrected chi connectivity index (χ2v) is 2.39. The second-order valence-electron chi connectivity index (χ2n) is 2.39. The highest BCUT2D eigenvalue weighted by molar-refractivity contribution is 5.64. The van der Waals surface area contributed by atoms with Gasteiger partial charge < -0.3 is 9.47 Å². The SMILES string of the molecule is C#COC(=O)Oc1ccc(C)cc1. The van der Waals surface area contributed by atoms with Crippen molar-refractivity contribution in [2.24, 2.45) is 0 Å². The molecule has 0 aliphatic carbocycles. The molecule has 66 valence electrons. The molecule has 0 N–H and O–H groups in total. The third-order valence-corrected chi connectivity index (χ3v) is 1.36. The first-order valence-electron chi connectivity index (χ1n) is 3.63. The number of terminal acetylenes is 1. The fourth-order valence-electron chi connectivity index (χ4n) is 0.771. The van der Waals surface area contributed by atoms with E-state index in [9.17, 15) is 4.79 Å². The van der Waals surface area contributed by atoms with Crippen molar-refractivity contribution in [3.05, 3.63) is 29.8 Å². The van der Waals surface area contributed by atoms with E-state index in [0.29, 0.717) is 5.75 Å². The summed E-state index contributed by atoms with van der Waals surface area (Å²) in [4.78, 5) is 10.7. The zero-order valence-electron chi connectivity index (χ0n) is 7.11. The van der Waals surface area contributed by atoms with Gasteiger partial charge in [0.1, 0.15) is 11.9 Å². The maximum absolute atomic E-state index is 10.7. The smallest absolute Gasteiger partial charge is 0.394 e. The van der Waals surface area contributed by atoms with Crippen LogP contribution in [-0.2, 0) is 4.74 Å². The molecule has 1 aromatic carbocycles. The molecule has 0 radical (unpaired) electrons.